The number of nitrogens with zero attached hydrogens (tertiary/aromatic N) is 1. The van der Waals surface area contributed by atoms with Gasteiger partial charge < -0.3 is 10.6 Å². The fourth-order valence-electron chi connectivity index (χ4n) is 2.45. The first kappa shape index (κ1) is 17.2. The molecule has 1 aliphatic heterocycles. The monoisotopic (exact) mass is 336 g/mol. The van der Waals surface area contributed by atoms with Crippen molar-refractivity contribution in [2.75, 3.05) is 19.6 Å². The topological polar surface area (TPSA) is 69.8 Å². The first-order valence-corrected chi connectivity index (χ1v) is 7.21. The Kier molecular flexibility index (Phi) is 5.90. The van der Waals surface area contributed by atoms with Crippen LogP contribution < -0.4 is 10.6 Å². The maximum Gasteiger partial charge on any atom is 0.255 e. The normalized spacial score (nSPS) is 13.9. The van der Waals surface area contributed by atoms with E-state index in [0.29, 0.717) is 23.4 Å². The Hall–Kier alpha value is -2.18. The van der Waals surface area contributed by atoms with Gasteiger partial charge in [0.15, 0.2) is 0 Å². The molecule has 0 unspecified atom stereocenters. The summed E-state index contributed by atoms with van der Waals surface area (Å²) in [6, 6.07) is 6.31. The Morgan fingerprint density at radius 3 is 2.91 bits per heavy atom. The van der Waals surface area contributed by atoms with Crippen LogP contribution in [0.3, 0.4) is 0 Å². The number of halogens is 2. The summed E-state index contributed by atoms with van der Waals surface area (Å²) < 4.78 is 13.9. The lowest BCUT2D eigenvalue weighted by Gasteiger charge is -2.14. The van der Waals surface area contributed by atoms with Gasteiger partial charge in [-0.05, 0) is 25.1 Å². The summed E-state index contributed by atoms with van der Waals surface area (Å²) in [4.78, 5) is 12.3. The van der Waals surface area contributed by atoms with E-state index in [1.165, 1.54) is 17.8 Å². The number of benzene rings is 1. The summed E-state index contributed by atoms with van der Waals surface area (Å²) in [7, 11) is 0. The molecule has 0 spiro atoms. The van der Waals surface area contributed by atoms with E-state index in [-0.39, 0.29) is 24.1 Å². The minimum absolute atomic E-state index is 0. The van der Waals surface area contributed by atoms with Gasteiger partial charge in [-0.3, -0.25) is 9.89 Å². The largest absolute Gasteiger partial charge is 0.348 e. The van der Waals surface area contributed by atoms with Gasteiger partial charge in [0, 0.05) is 18.7 Å². The second kappa shape index (κ2) is 7.89. The van der Waals surface area contributed by atoms with E-state index < -0.39 is 0 Å². The fraction of sp³-hybridized carbons (Fsp3) is 0.250. The Bertz CT molecular complexity index is 714. The smallest absolute Gasteiger partial charge is 0.255 e. The number of aromatic nitrogens is 2. The molecule has 0 aliphatic carbocycles. The summed E-state index contributed by atoms with van der Waals surface area (Å²) in [5.41, 5.74) is 2.28. The number of H-pyrrole nitrogens is 1. The Morgan fingerprint density at radius 2 is 2.17 bits per heavy atom. The summed E-state index contributed by atoms with van der Waals surface area (Å²) in [5, 5.41) is 12.7. The molecule has 1 aromatic heterocycles. The fourth-order valence-corrected chi connectivity index (χ4v) is 2.45. The van der Waals surface area contributed by atoms with Crippen molar-refractivity contribution in [1.82, 2.24) is 20.8 Å². The van der Waals surface area contributed by atoms with Crippen LogP contribution in [-0.2, 0) is 0 Å². The molecule has 3 rings (SSSR count). The zero-order valence-corrected chi connectivity index (χ0v) is 13.3. The van der Waals surface area contributed by atoms with Crippen molar-refractivity contribution in [3.05, 3.63) is 53.5 Å². The van der Waals surface area contributed by atoms with Gasteiger partial charge in [0.25, 0.3) is 5.91 Å². The van der Waals surface area contributed by atoms with Crippen molar-refractivity contribution in [3.8, 4) is 11.3 Å². The Morgan fingerprint density at radius 1 is 1.35 bits per heavy atom. The Balaban J connectivity index is 0.00000192. The van der Waals surface area contributed by atoms with E-state index in [1.807, 2.05) is 0 Å². The molecule has 3 N–H and O–H groups in total. The van der Waals surface area contributed by atoms with E-state index in [2.05, 4.69) is 26.9 Å². The van der Waals surface area contributed by atoms with Gasteiger partial charge in [0.2, 0.25) is 0 Å². The zero-order valence-electron chi connectivity index (χ0n) is 12.4. The van der Waals surface area contributed by atoms with Gasteiger partial charge in [-0.25, -0.2) is 4.39 Å². The van der Waals surface area contributed by atoms with E-state index in [9.17, 15) is 9.18 Å². The van der Waals surface area contributed by atoms with Gasteiger partial charge in [0.1, 0.15) is 5.82 Å². The molecule has 122 valence electrons. The van der Waals surface area contributed by atoms with Gasteiger partial charge in [-0.1, -0.05) is 23.8 Å². The summed E-state index contributed by atoms with van der Waals surface area (Å²) >= 11 is 0. The molecule has 0 saturated carbocycles. The van der Waals surface area contributed by atoms with E-state index in [0.717, 1.165) is 19.5 Å². The molecular weight excluding hydrogens is 319 g/mol. The highest BCUT2D eigenvalue weighted by atomic mass is 35.5. The van der Waals surface area contributed by atoms with Crippen molar-refractivity contribution in [2.45, 2.75) is 6.42 Å². The summed E-state index contributed by atoms with van der Waals surface area (Å²) in [6.07, 6.45) is 4.43. The third-order valence-corrected chi connectivity index (χ3v) is 3.66. The molecular formula is C16H18ClFN4O. The SMILES string of the molecule is Cl.O=C(NCC1=CCNCC1)c1cn[nH]c1-c1ccccc1F. The first-order chi connectivity index (χ1) is 10.8. The number of amides is 1. The average molecular weight is 337 g/mol. The Labute approximate surface area is 139 Å². The zero-order chi connectivity index (χ0) is 15.4. The molecule has 23 heavy (non-hydrogen) atoms. The standard InChI is InChI=1S/C16H17FN4O.ClH/c17-14-4-2-1-3-12(14)15-13(10-20-21-15)16(22)19-9-11-5-7-18-8-6-11;/h1-5,10,18H,6-9H2,(H,19,22)(H,20,21);1H. The molecule has 1 aliphatic rings. The average Bonchev–Trinajstić information content (AvgIpc) is 3.03. The number of carbonyl (C=O) groups is 1. The van der Waals surface area contributed by atoms with Crippen LogP contribution in [0.15, 0.2) is 42.1 Å². The van der Waals surface area contributed by atoms with Crippen LogP contribution in [0.1, 0.15) is 16.8 Å². The first-order valence-electron chi connectivity index (χ1n) is 7.21. The van der Waals surface area contributed by atoms with Crippen molar-refractivity contribution < 1.29 is 9.18 Å². The van der Waals surface area contributed by atoms with Crippen molar-refractivity contribution in [1.29, 1.82) is 0 Å². The highest BCUT2D eigenvalue weighted by Crippen LogP contribution is 2.23. The summed E-state index contributed by atoms with van der Waals surface area (Å²) in [5.74, 6) is -0.645. The van der Waals surface area contributed by atoms with Crippen LogP contribution in [0.5, 0.6) is 0 Å². The summed E-state index contributed by atoms with van der Waals surface area (Å²) in [6.45, 7) is 2.26. The van der Waals surface area contributed by atoms with Crippen LogP contribution >= 0.6 is 12.4 Å². The highest BCUT2D eigenvalue weighted by Gasteiger charge is 2.17. The van der Waals surface area contributed by atoms with Crippen LogP contribution in [0.4, 0.5) is 4.39 Å². The predicted molar refractivity (Wildman–Crippen MR) is 89.1 cm³/mol. The van der Waals surface area contributed by atoms with E-state index in [1.54, 1.807) is 18.2 Å². The number of rotatable bonds is 4. The van der Waals surface area contributed by atoms with Crippen molar-refractivity contribution in [3.63, 3.8) is 0 Å². The van der Waals surface area contributed by atoms with Gasteiger partial charge in [0.05, 0.1) is 17.5 Å². The molecule has 2 heterocycles. The second-order valence-electron chi connectivity index (χ2n) is 5.14. The number of aromatic amines is 1. The third-order valence-electron chi connectivity index (χ3n) is 3.66. The molecule has 1 amide bonds. The van der Waals surface area contributed by atoms with Crippen LogP contribution in [0.25, 0.3) is 11.3 Å². The lowest BCUT2D eigenvalue weighted by molar-refractivity contribution is 0.0957. The van der Waals surface area contributed by atoms with Crippen LogP contribution in [-0.4, -0.2) is 35.7 Å². The lowest BCUT2D eigenvalue weighted by Crippen LogP contribution is -2.29. The molecule has 0 saturated heterocycles. The molecule has 0 atom stereocenters. The van der Waals surface area contributed by atoms with Crippen molar-refractivity contribution in [2.24, 2.45) is 0 Å². The maximum absolute atomic E-state index is 13.9. The molecule has 2 aromatic rings. The lowest BCUT2D eigenvalue weighted by atomic mass is 10.1. The van der Waals surface area contributed by atoms with E-state index in [4.69, 9.17) is 0 Å². The molecule has 5 nitrogen and oxygen atoms in total. The maximum atomic E-state index is 13.9. The minimum atomic E-state index is -0.387. The van der Waals surface area contributed by atoms with Gasteiger partial charge >= 0.3 is 0 Å². The van der Waals surface area contributed by atoms with Crippen LogP contribution in [0.2, 0.25) is 0 Å². The predicted octanol–water partition coefficient (Wildman–Crippen LogP) is 2.29. The third kappa shape index (κ3) is 3.97. The molecule has 7 heteroatoms. The quantitative estimate of drug-likeness (QED) is 0.750. The van der Waals surface area contributed by atoms with E-state index >= 15 is 0 Å². The minimum Gasteiger partial charge on any atom is -0.348 e. The molecule has 0 bridgehead atoms. The molecule has 0 fully saturated rings. The van der Waals surface area contributed by atoms with Gasteiger partial charge in [-0.2, -0.15) is 5.10 Å². The number of hydrogen-bond donors (Lipinski definition) is 3. The second-order valence-corrected chi connectivity index (χ2v) is 5.14. The van der Waals surface area contributed by atoms with Crippen LogP contribution in [0, 0.1) is 5.82 Å². The highest BCUT2D eigenvalue weighted by molar-refractivity contribution is 5.99. The number of carbonyl (C=O) groups excluding carboxylic acids is 1. The molecule has 0 radical (unpaired) electrons. The molecule has 1 aromatic carbocycles. The number of hydrogen-bond acceptors (Lipinski definition) is 3. The number of nitrogens with one attached hydrogen (secondary N) is 3. The van der Waals surface area contributed by atoms with Gasteiger partial charge in [-0.15, -0.1) is 12.4 Å². The van der Waals surface area contributed by atoms with Crippen molar-refractivity contribution >= 4 is 18.3 Å².